The van der Waals surface area contributed by atoms with Crippen LogP contribution in [0, 0.1) is 0 Å². The highest BCUT2D eigenvalue weighted by molar-refractivity contribution is 7.99. The number of aliphatic hydroxyl groups excluding tert-OH is 1. The molecule has 0 spiro atoms. The van der Waals surface area contributed by atoms with Crippen molar-refractivity contribution in [1.82, 2.24) is 10.6 Å². The Morgan fingerprint density at radius 2 is 1.95 bits per heavy atom. The van der Waals surface area contributed by atoms with Crippen LogP contribution in [-0.4, -0.2) is 35.3 Å². The Labute approximate surface area is 135 Å². The van der Waals surface area contributed by atoms with Gasteiger partial charge in [-0.05, 0) is 29.5 Å². The number of carbonyl (C=O) groups excluding carboxylic acids is 1. The number of hydrogen-bond acceptors (Lipinski definition) is 3. The molecule has 0 aromatic heterocycles. The van der Waals surface area contributed by atoms with Crippen LogP contribution in [0.3, 0.4) is 0 Å². The van der Waals surface area contributed by atoms with Gasteiger partial charge in [-0.3, -0.25) is 0 Å². The summed E-state index contributed by atoms with van der Waals surface area (Å²) in [5, 5.41) is 17.3. The second kappa shape index (κ2) is 8.06. The zero-order chi connectivity index (χ0) is 15.9. The van der Waals surface area contributed by atoms with E-state index in [-0.39, 0.29) is 23.9 Å². The van der Waals surface area contributed by atoms with Gasteiger partial charge in [-0.25, -0.2) is 4.79 Å². The molecule has 2 unspecified atom stereocenters. The predicted octanol–water partition coefficient (Wildman–Crippen LogP) is 2.75. The molecule has 0 aliphatic rings. The number of fused-ring (bicyclic) bond motifs is 1. The van der Waals surface area contributed by atoms with Gasteiger partial charge < -0.3 is 15.7 Å². The number of rotatable bonds is 6. The summed E-state index contributed by atoms with van der Waals surface area (Å²) in [5.41, 5.74) is 1.09. The number of aliphatic hydroxyl groups is 1. The van der Waals surface area contributed by atoms with E-state index in [1.165, 1.54) is 5.39 Å². The third kappa shape index (κ3) is 4.15. The molecule has 2 amide bonds. The minimum atomic E-state index is -0.215. The number of benzene rings is 2. The average molecular weight is 318 g/mol. The van der Waals surface area contributed by atoms with E-state index >= 15 is 0 Å². The Bertz CT molecular complexity index is 624. The number of carbonyl (C=O) groups is 1. The summed E-state index contributed by atoms with van der Waals surface area (Å²) in [4.78, 5) is 12.0. The van der Waals surface area contributed by atoms with Gasteiger partial charge in [-0.2, -0.15) is 11.8 Å². The first kappa shape index (κ1) is 16.6. The van der Waals surface area contributed by atoms with Crippen molar-refractivity contribution >= 4 is 28.6 Å². The van der Waals surface area contributed by atoms with E-state index < -0.39 is 0 Å². The number of nitrogens with one attached hydrogen (secondary N) is 2. The molecule has 0 saturated carbocycles. The van der Waals surface area contributed by atoms with Gasteiger partial charge >= 0.3 is 6.03 Å². The van der Waals surface area contributed by atoms with Crippen molar-refractivity contribution in [2.75, 3.05) is 12.9 Å². The molecule has 0 bridgehead atoms. The number of amides is 2. The molecule has 4 nitrogen and oxygen atoms in total. The monoisotopic (exact) mass is 318 g/mol. The molecule has 0 heterocycles. The van der Waals surface area contributed by atoms with Crippen molar-refractivity contribution in [2.24, 2.45) is 0 Å². The highest BCUT2D eigenvalue weighted by Crippen LogP contribution is 2.18. The SMILES string of the molecule is CSC(CO)C(C)NC(=O)NCc1cccc2ccccc12. The van der Waals surface area contributed by atoms with Gasteiger partial charge in [-0.15, -0.1) is 0 Å². The fourth-order valence-electron chi connectivity index (χ4n) is 2.41. The van der Waals surface area contributed by atoms with Crippen molar-refractivity contribution in [3.8, 4) is 0 Å². The molecule has 0 radical (unpaired) electrons. The Balaban J connectivity index is 1.96. The highest BCUT2D eigenvalue weighted by Gasteiger charge is 2.17. The molecule has 0 saturated heterocycles. The van der Waals surface area contributed by atoms with Gasteiger partial charge in [0.1, 0.15) is 0 Å². The molecule has 0 aliphatic heterocycles. The first-order valence-electron chi connectivity index (χ1n) is 7.30. The molecule has 2 rings (SSSR count). The first-order valence-corrected chi connectivity index (χ1v) is 8.59. The van der Waals surface area contributed by atoms with Gasteiger partial charge in [0.15, 0.2) is 0 Å². The average Bonchev–Trinajstić information content (AvgIpc) is 2.54. The standard InChI is InChI=1S/C17H22N2O2S/c1-12(16(11-20)22-2)19-17(21)18-10-14-8-5-7-13-6-3-4-9-15(13)14/h3-9,12,16,20H,10-11H2,1-2H3,(H2,18,19,21). The van der Waals surface area contributed by atoms with Crippen LogP contribution >= 0.6 is 11.8 Å². The number of thioether (sulfide) groups is 1. The van der Waals surface area contributed by atoms with E-state index in [9.17, 15) is 9.90 Å². The maximum Gasteiger partial charge on any atom is 0.315 e. The summed E-state index contributed by atoms with van der Waals surface area (Å²) in [6.45, 7) is 2.42. The predicted molar refractivity (Wildman–Crippen MR) is 93.2 cm³/mol. The van der Waals surface area contributed by atoms with Crippen molar-refractivity contribution in [3.05, 3.63) is 48.0 Å². The Hall–Kier alpha value is -1.72. The quantitative estimate of drug-likeness (QED) is 0.767. The lowest BCUT2D eigenvalue weighted by Gasteiger charge is -2.21. The molecule has 0 fully saturated rings. The van der Waals surface area contributed by atoms with Crippen LogP contribution in [0.1, 0.15) is 12.5 Å². The third-order valence-electron chi connectivity index (χ3n) is 3.72. The van der Waals surface area contributed by atoms with Crippen molar-refractivity contribution < 1.29 is 9.90 Å². The van der Waals surface area contributed by atoms with Crippen molar-refractivity contribution in [1.29, 1.82) is 0 Å². The molecule has 0 aliphatic carbocycles. The first-order chi connectivity index (χ1) is 10.7. The molecular weight excluding hydrogens is 296 g/mol. The lowest BCUT2D eigenvalue weighted by molar-refractivity contribution is 0.232. The van der Waals surface area contributed by atoms with Gasteiger partial charge in [0.05, 0.1) is 6.61 Å². The molecule has 2 atom stereocenters. The Morgan fingerprint density at radius 1 is 1.23 bits per heavy atom. The normalized spacial score (nSPS) is 13.6. The van der Waals surface area contributed by atoms with Crippen LogP contribution < -0.4 is 10.6 Å². The summed E-state index contributed by atoms with van der Waals surface area (Å²) in [7, 11) is 0. The molecule has 2 aromatic carbocycles. The van der Waals surface area contributed by atoms with Crippen LogP contribution in [0.25, 0.3) is 10.8 Å². The van der Waals surface area contributed by atoms with Crippen molar-refractivity contribution in [3.63, 3.8) is 0 Å². The van der Waals surface area contributed by atoms with E-state index in [1.54, 1.807) is 11.8 Å². The van der Waals surface area contributed by atoms with Crippen molar-refractivity contribution in [2.45, 2.75) is 24.8 Å². The molecule has 118 valence electrons. The topological polar surface area (TPSA) is 61.4 Å². The second-order valence-corrected chi connectivity index (χ2v) is 6.29. The zero-order valence-corrected chi connectivity index (χ0v) is 13.7. The lowest BCUT2D eigenvalue weighted by Crippen LogP contribution is -2.45. The van der Waals surface area contributed by atoms with Crippen LogP contribution in [-0.2, 0) is 6.54 Å². The zero-order valence-electron chi connectivity index (χ0n) is 12.9. The Morgan fingerprint density at radius 3 is 2.68 bits per heavy atom. The van der Waals surface area contributed by atoms with Gasteiger partial charge in [-0.1, -0.05) is 42.5 Å². The molecular formula is C17H22N2O2S. The molecule has 5 heteroatoms. The summed E-state index contributed by atoms with van der Waals surface area (Å²) >= 11 is 1.54. The fraction of sp³-hybridized carbons (Fsp3) is 0.353. The van der Waals surface area contributed by atoms with Gasteiger partial charge in [0, 0.05) is 17.8 Å². The molecule has 2 aromatic rings. The maximum absolute atomic E-state index is 12.0. The Kier molecular flexibility index (Phi) is 6.10. The summed E-state index contributed by atoms with van der Waals surface area (Å²) in [6.07, 6.45) is 1.92. The minimum Gasteiger partial charge on any atom is -0.395 e. The fourth-order valence-corrected chi connectivity index (χ4v) is 3.04. The number of urea groups is 1. The van der Waals surface area contributed by atoms with E-state index in [0.717, 1.165) is 10.9 Å². The second-order valence-electron chi connectivity index (χ2n) is 5.21. The van der Waals surface area contributed by atoms with E-state index in [0.29, 0.717) is 6.54 Å². The van der Waals surface area contributed by atoms with Gasteiger partial charge in [0.2, 0.25) is 0 Å². The van der Waals surface area contributed by atoms with E-state index in [2.05, 4.69) is 28.8 Å². The van der Waals surface area contributed by atoms with E-state index in [4.69, 9.17) is 0 Å². The highest BCUT2D eigenvalue weighted by atomic mass is 32.2. The summed E-state index contributed by atoms with van der Waals surface area (Å²) < 4.78 is 0. The largest absolute Gasteiger partial charge is 0.395 e. The minimum absolute atomic E-state index is 0.00306. The van der Waals surface area contributed by atoms with Gasteiger partial charge in [0.25, 0.3) is 0 Å². The summed E-state index contributed by atoms with van der Waals surface area (Å²) in [5.74, 6) is 0. The van der Waals surface area contributed by atoms with Crippen LogP contribution in [0.4, 0.5) is 4.79 Å². The van der Waals surface area contributed by atoms with E-state index in [1.807, 2.05) is 37.4 Å². The van der Waals surface area contributed by atoms with Crippen LogP contribution in [0.2, 0.25) is 0 Å². The van der Waals surface area contributed by atoms with Crippen LogP contribution in [0.5, 0.6) is 0 Å². The third-order valence-corrected chi connectivity index (χ3v) is 4.88. The number of hydrogen-bond donors (Lipinski definition) is 3. The summed E-state index contributed by atoms with van der Waals surface area (Å²) in [6, 6.07) is 13.9. The lowest BCUT2D eigenvalue weighted by atomic mass is 10.0. The smallest absolute Gasteiger partial charge is 0.315 e. The molecule has 22 heavy (non-hydrogen) atoms. The maximum atomic E-state index is 12.0. The van der Waals surface area contributed by atoms with Crippen LogP contribution in [0.15, 0.2) is 42.5 Å². The molecule has 3 N–H and O–H groups in total.